The van der Waals surface area contributed by atoms with Gasteiger partial charge < -0.3 is 10.2 Å². The Morgan fingerprint density at radius 3 is 2.42 bits per heavy atom. The summed E-state index contributed by atoms with van der Waals surface area (Å²) in [6.45, 7) is 8.32. The number of nitrogens with one attached hydrogen (secondary N) is 1. The standard InChI is InChI=1S/C13H22F2N4/c1-6-16-10-7-11(19(5)8-9(14)15)18-12(17-10)13(2,3)4/h7,9H,6,8H2,1-5H3,(H,16,17,18). The summed E-state index contributed by atoms with van der Waals surface area (Å²) in [6, 6.07) is 1.70. The van der Waals surface area contributed by atoms with Crippen molar-refractivity contribution in [1.82, 2.24) is 9.97 Å². The van der Waals surface area contributed by atoms with Crippen molar-refractivity contribution in [1.29, 1.82) is 0 Å². The van der Waals surface area contributed by atoms with Crippen LogP contribution in [0.3, 0.4) is 0 Å². The molecule has 1 heterocycles. The van der Waals surface area contributed by atoms with Gasteiger partial charge in [-0.25, -0.2) is 18.7 Å². The van der Waals surface area contributed by atoms with Gasteiger partial charge in [-0.2, -0.15) is 0 Å². The monoisotopic (exact) mass is 272 g/mol. The van der Waals surface area contributed by atoms with Crippen LogP contribution in [0.5, 0.6) is 0 Å². The van der Waals surface area contributed by atoms with E-state index in [4.69, 9.17) is 0 Å². The van der Waals surface area contributed by atoms with E-state index in [1.54, 1.807) is 13.1 Å². The van der Waals surface area contributed by atoms with E-state index in [2.05, 4.69) is 15.3 Å². The topological polar surface area (TPSA) is 41.0 Å². The van der Waals surface area contributed by atoms with E-state index in [9.17, 15) is 8.78 Å². The molecule has 0 bridgehead atoms. The first kappa shape index (κ1) is 15.6. The van der Waals surface area contributed by atoms with E-state index >= 15 is 0 Å². The van der Waals surface area contributed by atoms with Gasteiger partial charge in [0.1, 0.15) is 17.5 Å². The highest BCUT2D eigenvalue weighted by Gasteiger charge is 2.20. The number of nitrogens with zero attached hydrogens (tertiary/aromatic N) is 3. The van der Waals surface area contributed by atoms with Gasteiger partial charge in [0.05, 0.1) is 6.54 Å². The largest absolute Gasteiger partial charge is 0.370 e. The van der Waals surface area contributed by atoms with Crippen LogP contribution in [-0.2, 0) is 5.41 Å². The Hall–Kier alpha value is -1.46. The molecule has 1 aromatic rings. The summed E-state index contributed by atoms with van der Waals surface area (Å²) in [7, 11) is 1.61. The molecule has 0 spiro atoms. The molecule has 108 valence electrons. The van der Waals surface area contributed by atoms with Gasteiger partial charge in [-0.3, -0.25) is 0 Å². The van der Waals surface area contributed by atoms with Crippen molar-refractivity contribution in [2.45, 2.75) is 39.5 Å². The normalized spacial score (nSPS) is 11.8. The number of aromatic nitrogens is 2. The molecule has 1 N–H and O–H groups in total. The molecule has 0 saturated carbocycles. The van der Waals surface area contributed by atoms with Gasteiger partial charge >= 0.3 is 0 Å². The van der Waals surface area contributed by atoms with Crippen LogP contribution in [0.4, 0.5) is 20.4 Å². The molecule has 0 radical (unpaired) electrons. The average molecular weight is 272 g/mol. The van der Waals surface area contributed by atoms with Gasteiger partial charge in [-0.05, 0) is 6.92 Å². The Kier molecular flexibility index (Phi) is 5.03. The summed E-state index contributed by atoms with van der Waals surface area (Å²) in [5, 5.41) is 3.10. The van der Waals surface area contributed by atoms with Crippen molar-refractivity contribution in [3.05, 3.63) is 11.9 Å². The van der Waals surface area contributed by atoms with E-state index in [1.807, 2.05) is 27.7 Å². The molecule has 0 amide bonds. The molecule has 4 nitrogen and oxygen atoms in total. The van der Waals surface area contributed by atoms with E-state index in [0.717, 1.165) is 6.54 Å². The Labute approximate surface area is 113 Å². The smallest absolute Gasteiger partial charge is 0.255 e. The minimum Gasteiger partial charge on any atom is -0.370 e. The second-order valence-electron chi connectivity index (χ2n) is 5.49. The maximum absolute atomic E-state index is 12.5. The zero-order valence-corrected chi connectivity index (χ0v) is 12.2. The molecule has 0 fully saturated rings. The minimum atomic E-state index is -2.39. The lowest BCUT2D eigenvalue weighted by Gasteiger charge is -2.23. The number of rotatable bonds is 5. The molecule has 0 aliphatic rings. The minimum absolute atomic E-state index is 0.230. The highest BCUT2D eigenvalue weighted by atomic mass is 19.3. The van der Waals surface area contributed by atoms with E-state index in [1.165, 1.54) is 4.90 Å². The summed E-state index contributed by atoms with van der Waals surface area (Å²) >= 11 is 0. The zero-order chi connectivity index (χ0) is 14.6. The fourth-order valence-corrected chi connectivity index (χ4v) is 1.54. The first-order valence-corrected chi connectivity index (χ1v) is 6.36. The van der Waals surface area contributed by atoms with Crippen LogP contribution in [-0.4, -0.2) is 36.5 Å². The lowest BCUT2D eigenvalue weighted by molar-refractivity contribution is 0.156. The van der Waals surface area contributed by atoms with Crippen LogP contribution in [0.1, 0.15) is 33.5 Å². The fraction of sp³-hybridized carbons (Fsp3) is 0.692. The number of alkyl halides is 2. The molecular formula is C13H22F2N4. The second-order valence-corrected chi connectivity index (χ2v) is 5.49. The van der Waals surface area contributed by atoms with Crippen LogP contribution >= 0.6 is 0 Å². The van der Waals surface area contributed by atoms with Crippen LogP contribution in [0.25, 0.3) is 0 Å². The van der Waals surface area contributed by atoms with E-state index in [0.29, 0.717) is 17.5 Å². The first-order valence-electron chi connectivity index (χ1n) is 6.36. The molecule has 0 aliphatic carbocycles. The van der Waals surface area contributed by atoms with E-state index < -0.39 is 6.43 Å². The maximum atomic E-state index is 12.5. The molecule has 0 atom stereocenters. The second kappa shape index (κ2) is 6.12. The fourth-order valence-electron chi connectivity index (χ4n) is 1.54. The molecular weight excluding hydrogens is 250 g/mol. The third-order valence-electron chi connectivity index (χ3n) is 2.54. The van der Waals surface area contributed by atoms with Gasteiger partial charge in [-0.1, -0.05) is 20.8 Å². The van der Waals surface area contributed by atoms with Crippen molar-refractivity contribution in [3.8, 4) is 0 Å². The molecule has 0 aliphatic heterocycles. The molecule has 6 heteroatoms. The average Bonchev–Trinajstić information content (AvgIpc) is 2.27. The molecule has 19 heavy (non-hydrogen) atoms. The quantitative estimate of drug-likeness (QED) is 0.895. The summed E-state index contributed by atoms with van der Waals surface area (Å²) in [4.78, 5) is 10.2. The Bertz CT molecular complexity index is 416. The predicted molar refractivity (Wildman–Crippen MR) is 74.2 cm³/mol. The van der Waals surface area contributed by atoms with Crippen molar-refractivity contribution in [2.24, 2.45) is 0 Å². The third-order valence-corrected chi connectivity index (χ3v) is 2.54. The molecule has 0 saturated heterocycles. The van der Waals surface area contributed by atoms with Crippen molar-refractivity contribution < 1.29 is 8.78 Å². The highest BCUT2D eigenvalue weighted by Crippen LogP contribution is 2.23. The molecule has 0 aromatic carbocycles. The van der Waals surface area contributed by atoms with Gasteiger partial charge in [0.2, 0.25) is 0 Å². The van der Waals surface area contributed by atoms with E-state index in [-0.39, 0.29) is 12.0 Å². The predicted octanol–water partition coefficient (Wildman–Crippen LogP) is 2.91. The van der Waals surface area contributed by atoms with Crippen LogP contribution in [0.2, 0.25) is 0 Å². The lowest BCUT2D eigenvalue weighted by atomic mass is 9.96. The number of hydrogen-bond acceptors (Lipinski definition) is 4. The summed E-state index contributed by atoms with van der Waals surface area (Å²) in [6.07, 6.45) is -2.39. The van der Waals surface area contributed by atoms with Crippen LogP contribution in [0, 0.1) is 0 Å². The van der Waals surface area contributed by atoms with Crippen LogP contribution < -0.4 is 10.2 Å². The maximum Gasteiger partial charge on any atom is 0.255 e. The highest BCUT2D eigenvalue weighted by molar-refractivity contribution is 5.49. The SMILES string of the molecule is CCNc1cc(N(C)CC(F)F)nc(C(C)(C)C)n1. The van der Waals surface area contributed by atoms with Crippen molar-refractivity contribution >= 4 is 11.6 Å². The van der Waals surface area contributed by atoms with Crippen molar-refractivity contribution in [3.63, 3.8) is 0 Å². The molecule has 1 aromatic heterocycles. The Morgan fingerprint density at radius 2 is 1.95 bits per heavy atom. The lowest BCUT2D eigenvalue weighted by Crippen LogP contribution is -2.27. The number of halogens is 2. The Morgan fingerprint density at radius 1 is 1.32 bits per heavy atom. The third kappa shape index (κ3) is 4.61. The molecule has 1 rings (SSSR count). The Balaban J connectivity index is 3.12. The van der Waals surface area contributed by atoms with Gasteiger partial charge in [0.25, 0.3) is 6.43 Å². The van der Waals surface area contributed by atoms with Crippen molar-refractivity contribution in [2.75, 3.05) is 30.4 Å². The van der Waals surface area contributed by atoms with Gasteiger partial charge in [0, 0.05) is 25.1 Å². The van der Waals surface area contributed by atoms with Gasteiger partial charge in [-0.15, -0.1) is 0 Å². The summed E-state index contributed by atoms with van der Waals surface area (Å²) < 4.78 is 24.9. The number of anilines is 2. The summed E-state index contributed by atoms with van der Waals surface area (Å²) in [5.41, 5.74) is -0.230. The number of hydrogen-bond donors (Lipinski definition) is 1. The van der Waals surface area contributed by atoms with Gasteiger partial charge in [0.15, 0.2) is 0 Å². The molecule has 0 unspecified atom stereocenters. The van der Waals surface area contributed by atoms with Crippen LogP contribution in [0.15, 0.2) is 6.07 Å². The summed E-state index contributed by atoms with van der Waals surface area (Å²) in [5.74, 6) is 1.82. The zero-order valence-electron chi connectivity index (χ0n) is 12.2. The first-order chi connectivity index (χ1) is 8.74.